The molecule has 0 aromatic heterocycles. The first-order valence-corrected chi connectivity index (χ1v) is 18.4. The highest BCUT2D eigenvalue weighted by molar-refractivity contribution is 6.37. The fourth-order valence-electron chi connectivity index (χ4n) is 5.48. The maximum Gasteiger partial charge on any atom is 0.559 e. The normalized spacial score (nSPS) is 17.3. The Balaban J connectivity index is 1.22. The summed E-state index contributed by atoms with van der Waals surface area (Å²) >= 11 is -1.99. The summed E-state index contributed by atoms with van der Waals surface area (Å²) in [5.41, 5.74) is 2.50. The van der Waals surface area contributed by atoms with Crippen LogP contribution >= 0.6 is 0 Å². The summed E-state index contributed by atoms with van der Waals surface area (Å²) in [6, 6.07) is 20.9. The molecule has 3 rings (SSSR count). The van der Waals surface area contributed by atoms with E-state index in [1.54, 1.807) is 0 Å². The van der Waals surface area contributed by atoms with E-state index >= 15 is 0 Å². The van der Waals surface area contributed by atoms with E-state index in [1.807, 2.05) is 12.1 Å². The van der Waals surface area contributed by atoms with Gasteiger partial charge in [0.1, 0.15) is 0 Å². The minimum absolute atomic E-state index is 0.216. The van der Waals surface area contributed by atoms with Crippen LogP contribution in [0.2, 0.25) is 0 Å². The molecule has 1 radical (unpaired) electrons. The van der Waals surface area contributed by atoms with Crippen LogP contribution in [0, 0.1) is 0 Å². The molecule has 6 heteroatoms. The van der Waals surface area contributed by atoms with Crippen LogP contribution in [-0.4, -0.2) is 47.2 Å². The molecule has 1 aliphatic heterocycles. The Bertz CT molecular complexity index is 868. The van der Waals surface area contributed by atoms with Gasteiger partial charge in [-0.2, -0.15) is 0 Å². The van der Waals surface area contributed by atoms with Crippen molar-refractivity contribution in [2.45, 2.75) is 135 Å². The van der Waals surface area contributed by atoms with Crippen molar-refractivity contribution < 1.29 is 20.8 Å². The molecule has 1 aliphatic rings. The number of hydrogen-bond acceptors (Lipinski definition) is 5. The van der Waals surface area contributed by atoms with Gasteiger partial charge in [0.2, 0.25) is 0 Å². The molecule has 1 saturated heterocycles. The van der Waals surface area contributed by atoms with Crippen molar-refractivity contribution >= 4 is 15.1 Å². The molecule has 2 aromatic carbocycles. The van der Waals surface area contributed by atoms with Crippen LogP contribution in [-0.2, 0) is 34.1 Å². The Morgan fingerprint density at radius 1 is 0.524 bits per heavy atom. The molecular formula is C36H57AlO5-. The molecule has 0 N–H and O–H groups in total. The van der Waals surface area contributed by atoms with Crippen molar-refractivity contribution in [3.8, 4) is 0 Å². The highest BCUT2D eigenvalue weighted by Crippen LogP contribution is 2.27. The molecule has 0 bridgehead atoms. The highest BCUT2D eigenvalue weighted by atomic mass is 27.3. The van der Waals surface area contributed by atoms with Gasteiger partial charge in [0.25, 0.3) is 0 Å². The Morgan fingerprint density at radius 2 is 0.952 bits per heavy atom. The SMILES string of the molecule is CCCCCC[O][Al-]1[O][C@@H](CCCCCCCCOCc2ccccc2)[C@@H](CCCCCCOCc2ccccc2)[O]1. The number of benzene rings is 2. The lowest BCUT2D eigenvalue weighted by Gasteiger charge is -2.24. The molecule has 2 atom stereocenters. The number of unbranched alkanes of at least 4 members (excludes halogenated alkanes) is 11. The summed E-state index contributed by atoms with van der Waals surface area (Å²) in [6.45, 7) is 6.16. The molecule has 235 valence electrons. The van der Waals surface area contributed by atoms with Gasteiger partial charge in [-0.25, -0.2) is 0 Å². The van der Waals surface area contributed by atoms with E-state index in [4.69, 9.17) is 20.8 Å². The molecule has 0 spiro atoms. The van der Waals surface area contributed by atoms with Crippen LogP contribution in [0.15, 0.2) is 60.7 Å². The molecule has 0 amide bonds. The van der Waals surface area contributed by atoms with Crippen LogP contribution in [0.3, 0.4) is 0 Å². The Hall–Kier alpha value is -1.23. The van der Waals surface area contributed by atoms with Crippen molar-refractivity contribution in [1.29, 1.82) is 0 Å². The molecule has 42 heavy (non-hydrogen) atoms. The van der Waals surface area contributed by atoms with Gasteiger partial charge >= 0.3 is 15.1 Å². The quantitative estimate of drug-likeness (QED) is 0.0800. The second-order valence-corrected chi connectivity index (χ2v) is 13.2. The fraction of sp³-hybridized carbons (Fsp3) is 0.667. The van der Waals surface area contributed by atoms with E-state index in [0.717, 1.165) is 58.5 Å². The van der Waals surface area contributed by atoms with Crippen LogP contribution in [0.5, 0.6) is 0 Å². The second kappa shape index (κ2) is 24.1. The molecular weight excluding hydrogens is 539 g/mol. The largest absolute Gasteiger partial charge is 0.634 e. The third-order valence-electron chi connectivity index (χ3n) is 8.02. The maximum atomic E-state index is 6.40. The van der Waals surface area contributed by atoms with Gasteiger partial charge in [0.15, 0.2) is 0 Å². The van der Waals surface area contributed by atoms with E-state index in [2.05, 4.69) is 55.5 Å². The lowest BCUT2D eigenvalue weighted by molar-refractivity contribution is 0.115. The third kappa shape index (κ3) is 16.6. The molecule has 0 unspecified atom stereocenters. The molecule has 5 nitrogen and oxygen atoms in total. The van der Waals surface area contributed by atoms with Crippen molar-refractivity contribution in [2.75, 3.05) is 19.8 Å². The standard InChI is InChI=1S/C30H44O4.C6H13O.Al/c31-29(21-13-3-1-2-5-15-23-33-25-27-17-9-7-10-18-27)30(32)22-14-4-6-16-24-34-26-28-19-11-8-12-20-28;1-2-3-4-5-6-7;/h7-12,17-20,29-30H,1-6,13-16,21-26H2;2-6H2,1H3;/q-2;-1;+2/t29-,30+;;/m0../s1. The first kappa shape index (κ1) is 35.3. The average molecular weight is 597 g/mol. The number of hydrogen-bond donors (Lipinski definition) is 0. The van der Waals surface area contributed by atoms with E-state index in [1.165, 1.54) is 81.8 Å². The minimum atomic E-state index is -1.99. The van der Waals surface area contributed by atoms with Crippen LogP contribution < -0.4 is 0 Å². The zero-order valence-electron chi connectivity index (χ0n) is 26.4. The average Bonchev–Trinajstić information content (AvgIpc) is 3.41. The summed E-state index contributed by atoms with van der Waals surface area (Å²) in [5.74, 6) is 0. The summed E-state index contributed by atoms with van der Waals surface area (Å²) < 4.78 is 30.6. The van der Waals surface area contributed by atoms with Gasteiger partial charge in [0.05, 0.1) is 13.2 Å². The Labute approximate surface area is 262 Å². The van der Waals surface area contributed by atoms with E-state index < -0.39 is 15.1 Å². The van der Waals surface area contributed by atoms with E-state index in [9.17, 15) is 0 Å². The van der Waals surface area contributed by atoms with Gasteiger partial charge < -0.3 is 20.8 Å². The Morgan fingerprint density at radius 3 is 1.45 bits per heavy atom. The van der Waals surface area contributed by atoms with Crippen LogP contribution in [0.1, 0.15) is 121 Å². The maximum absolute atomic E-state index is 6.40. The second-order valence-electron chi connectivity index (χ2n) is 11.8. The predicted octanol–water partition coefficient (Wildman–Crippen LogP) is 9.47. The lowest BCUT2D eigenvalue weighted by atomic mass is 10.00. The van der Waals surface area contributed by atoms with E-state index in [-0.39, 0.29) is 12.2 Å². The first-order valence-electron chi connectivity index (χ1n) is 17.0. The molecule has 1 fully saturated rings. The van der Waals surface area contributed by atoms with Crippen molar-refractivity contribution in [3.05, 3.63) is 71.8 Å². The van der Waals surface area contributed by atoms with Crippen molar-refractivity contribution in [2.24, 2.45) is 0 Å². The van der Waals surface area contributed by atoms with Crippen molar-refractivity contribution in [1.82, 2.24) is 0 Å². The fourth-order valence-corrected chi connectivity index (χ4v) is 7.25. The zero-order chi connectivity index (χ0) is 29.3. The molecule has 1 heterocycles. The topological polar surface area (TPSA) is 46.2 Å². The van der Waals surface area contributed by atoms with Gasteiger partial charge in [-0.3, -0.25) is 0 Å². The smallest absolute Gasteiger partial charge is 0.559 e. The Kier molecular flexibility index (Phi) is 20.3. The van der Waals surface area contributed by atoms with Gasteiger partial charge in [-0.1, -0.05) is 138 Å². The highest BCUT2D eigenvalue weighted by Gasteiger charge is 2.31. The van der Waals surface area contributed by atoms with E-state index in [0.29, 0.717) is 6.61 Å². The van der Waals surface area contributed by atoms with Gasteiger partial charge in [0, 0.05) is 25.4 Å². The lowest BCUT2D eigenvalue weighted by Crippen LogP contribution is -2.22. The summed E-state index contributed by atoms with van der Waals surface area (Å²) in [7, 11) is 0. The van der Waals surface area contributed by atoms with Gasteiger partial charge in [-0.15, -0.1) is 0 Å². The summed E-state index contributed by atoms with van der Waals surface area (Å²) in [4.78, 5) is 0. The summed E-state index contributed by atoms with van der Waals surface area (Å²) in [6.07, 6.45) is 19.7. The van der Waals surface area contributed by atoms with Crippen LogP contribution in [0.4, 0.5) is 0 Å². The minimum Gasteiger partial charge on any atom is -0.634 e. The van der Waals surface area contributed by atoms with Crippen molar-refractivity contribution in [3.63, 3.8) is 0 Å². The molecule has 0 saturated carbocycles. The van der Waals surface area contributed by atoms with Crippen LogP contribution in [0.25, 0.3) is 0 Å². The zero-order valence-corrected chi connectivity index (χ0v) is 27.6. The monoisotopic (exact) mass is 596 g/mol. The van der Waals surface area contributed by atoms with Gasteiger partial charge in [-0.05, 0) is 49.8 Å². The number of rotatable bonds is 26. The first-order chi connectivity index (χ1) is 20.8. The number of ether oxygens (including phenoxy) is 2. The predicted molar refractivity (Wildman–Crippen MR) is 173 cm³/mol. The third-order valence-corrected chi connectivity index (χ3v) is 9.67. The summed E-state index contributed by atoms with van der Waals surface area (Å²) in [5, 5.41) is 0. The molecule has 0 aliphatic carbocycles. The molecule has 2 aromatic rings.